The van der Waals surface area contributed by atoms with E-state index in [0.717, 1.165) is 11.1 Å². The first-order valence-corrected chi connectivity index (χ1v) is 8.95. The molecule has 0 radical (unpaired) electrons. The predicted octanol–water partition coefficient (Wildman–Crippen LogP) is 3.30. The molecule has 1 aromatic carbocycles. The third kappa shape index (κ3) is 3.21. The van der Waals surface area contributed by atoms with E-state index in [4.69, 9.17) is 11.0 Å². The van der Waals surface area contributed by atoms with Crippen LogP contribution in [0.2, 0.25) is 0 Å². The molecule has 2 aromatic rings. The number of anilines is 1. The lowest BCUT2D eigenvalue weighted by atomic mass is 10.0. The Morgan fingerprint density at radius 3 is 2.85 bits per heavy atom. The Kier molecular flexibility index (Phi) is 4.83. The second-order valence-electron chi connectivity index (χ2n) is 3.89. The van der Waals surface area contributed by atoms with Crippen LogP contribution in [0.5, 0.6) is 0 Å². The van der Waals surface area contributed by atoms with E-state index in [1.165, 1.54) is 8.93 Å². The SMILES string of the molecule is Cc1c(C#N)cccc1-c1cc(C#CSI)nc(N)n1. The first-order chi connectivity index (χ1) is 9.65. The molecule has 0 fully saturated rings. The van der Waals surface area contributed by atoms with Gasteiger partial charge < -0.3 is 5.73 Å². The van der Waals surface area contributed by atoms with Crippen LogP contribution in [0, 0.1) is 29.4 Å². The van der Waals surface area contributed by atoms with Crippen molar-refractivity contribution < 1.29 is 0 Å². The van der Waals surface area contributed by atoms with E-state index in [9.17, 15) is 0 Å². The van der Waals surface area contributed by atoms with Crippen molar-refractivity contribution in [3.05, 3.63) is 41.1 Å². The van der Waals surface area contributed by atoms with Gasteiger partial charge >= 0.3 is 0 Å². The van der Waals surface area contributed by atoms with Gasteiger partial charge in [0.05, 0.1) is 17.3 Å². The van der Waals surface area contributed by atoms with E-state index in [0.29, 0.717) is 17.0 Å². The number of nitrogen functional groups attached to an aromatic ring is 1. The Bertz CT molecular complexity index is 756. The van der Waals surface area contributed by atoms with Gasteiger partial charge in [-0.05, 0) is 44.7 Å². The lowest BCUT2D eigenvalue weighted by Gasteiger charge is -2.07. The lowest BCUT2D eigenvalue weighted by molar-refractivity contribution is 1.16. The van der Waals surface area contributed by atoms with Gasteiger partial charge in [0.25, 0.3) is 0 Å². The normalized spacial score (nSPS) is 9.45. The van der Waals surface area contributed by atoms with Crippen molar-refractivity contribution in [2.75, 3.05) is 5.73 Å². The number of rotatable bonds is 1. The second kappa shape index (κ2) is 6.60. The topological polar surface area (TPSA) is 75.6 Å². The molecule has 6 heteroatoms. The zero-order valence-corrected chi connectivity index (χ0v) is 13.5. The molecule has 20 heavy (non-hydrogen) atoms. The van der Waals surface area contributed by atoms with E-state index in [1.807, 2.05) is 19.1 Å². The number of hydrogen-bond acceptors (Lipinski definition) is 5. The number of nitriles is 1. The molecular formula is C14H9IN4S. The third-order valence-electron chi connectivity index (χ3n) is 2.69. The van der Waals surface area contributed by atoms with Gasteiger partial charge in [0.1, 0.15) is 5.69 Å². The van der Waals surface area contributed by atoms with Gasteiger partial charge in [-0.15, -0.1) is 0 Å². The fourth-order valence-corrected chi connectivity index (χ4v) is 2.25. The summed E-state index contributed by atoms with van der Waals surface area (Å²) in [4.78, 5) is 8.31. The molecule has 0 unspecified atom stereocenters. The van der Waals surface area contributed by atoms with Crippen molar-refractivity contribution in [3.8, 4) is 28.5 Å². The summed E-state index contributed by atoms with van der Waals surface area (Å²) < 4.78 is 0. The molecule has 0 saturated carbocycles. The molecule has 2 rings (SSSR count). The first kappa shape index (κ1) is 14.6. The van der Waals surface area contributed by atoms with Gasteiger partial charge in [-0.1, -0.05) is 12.1 Å². The number of aromatic nitrogens is 2. The molecule has 0 aliphatic carbocycles. The lowest BCUT2D eigenvalue weighted by Crippen LogP contribution is -2.00. The second-order valence-corrected chi connectivity index (χ2v) is 5.57. The van der Waals surface area contributed by atoms with Crippen LogP contribution in [0.3, 0.4) is 0 Å². The third-order valence-corrected chi connectivity index (χ3v) is 3.53. The fourth-order valence-electron chi connectivity index (χ4n) is 1.77. The Balaban J connectivity index is 2.59. The highest BCUT2D eigenvalue weighted by Gasteiger charge is 2.09. The van der Waals surface area contributed by atoms with E-state index in [2.05, 4.69) is 48.4 Å². The first-order valence-electron chi connectivity index (χ1n) is 5.59. The molecule has 98 valence electrons. The highest BCUT2D eigenvalue weighted by molar-refractivity contribution is 14.2. The Morgan fingerprint density at radius 2 is 2.15 bits per heavy atom. The molecule has 0 aliphatic heterocycles. The van der Waals surface area contributed by atoms with Crippen LogP contribution in [0.15, 0.2) is 24.3 Å². The van der Waals surface area contributed by atoms with E-state index >= 15 is 0 Å². The van der Waals surface area contributed by atoms with Crippen molar-refractivity contribution in [1.29, 1.82) is 5.26 Å². The summed E-state index contributed by atoms with van der Waals surface area (Å²) in [6, 6.07) is 9.44. The molecule has 2 N–H and O–H groups in total. The zero-order chi connectivity index (χ0) is 14.5. The van der Waals surface area contributed by atoms with Crippen molar-refractivity contribution in [1.82, 2.24) is 9.97 Å². The summed E-state index contributed by atoms with van der Waals surface area (Å²) in [5.41, 5.74) is 9.32. The molecule has 0 saturated heterocycles. The smallest absolute Gasteiger partial charge is 0.221 e. The molecule has 0 bridgehead atoms. The van der Waals surface area contributed by atoms with Crippen LogP contribution in [0.25, 0.3) is 11.3 Å². The minimum atomic E-state index is 0.173. The Labute approximate surface area is 133 Å². The summed E-state index contributed by atoms with van der Waals surface area (Å²) in [6.07, 6.45) is 0. The van der Waals surface area contributed by atoms with Crippen LogP contribution >= 0.6 is 30.1 Å². The molecule has 1 heterocycles. The van der Waals surface area contributed by atoms with Crippen molar-refractivity contribution >= 4 is 36.1 Å². The van der Waals surface area contributed by atoms with Gasteiger partial charge in [-0.3, -0.25) is 0 Å². The van der Waals surface area contributed by atoms with Gasteiger partial charge in [-0.25, -0.2) is 9.97 Å². The average Bonchev–Trinajstić information content (AvgIpc) is 2.44. The van der Waals surface area contributed by atoms with E-state index < -0.39 is 0 Å². The summed E-state index contributed by atoms with van der Waals surface area (Å²) in [5, 5.41) is 11.9. The molecule has 0 aliphatic rings. The summed E-state index contributed by atoms with van der Waals surface area (Å²) in [5.74, 6) is 3.08. The van der Waals surface area contributed by atoms with E-state index in [-0.39, 0.29) is 5.95 Å². The molecule has 0 amide bonds. The van der Waals surface area contributed by atoms with Gasteiger partial charge in [0.15, 0.2) is 0 Å². The highest BCUT2D eigenvalue weighted by Crippen LogP contribution is 2.24. The monoisotopic (exact) mass is 392 g/mol. The molecule has 0 spiro atoms. The van der Waals surface area contributed by atoms with Crippen LogP contribution in [-0.2, 0) is 0 Å². The minimum Gasteiger partial charge on any atom is -0.368 e. The maximum absolute atomic E-state index is 9.08. The molecule has 4 nitrogen and oxygen atoms in total. The largest absolute Gasteiger partial charge is 0.368 e. The zero-order valence-electron chi connectivity index (χ0n) is 10.5. The van der Waals surface area contributed by atoms with Crippen molar-refractivity contribution in [3.63, 3.8) is 0 Å². The Hall–Kier alpha value is -1.77. The van der Waals surface area contributed by atoms with Crippen molar-refractivity contribution in [2.24, 2.45) is 0 Å². The minimum absolute atomic E-state index is 0.173. The van der Waals surface area contributed by atoms with Crippen LogP contribution in [-0.4, -0.2) is 9.97 Å². The number of nitrogens with zero attached hydrogens (tertiary/aromatic N) is 3. The molecular weight excluding hydrogens is 383 g/mol. The maximum atomic E-state index is 9.08. The Morgan fingerprint density at radius 1 is 1.35 bits per heavy atom. The van der Waals surface area contributed by atoms with Crippen LogP contribution in [0.1, 0.15) is 16.8 Å². The fraction of sp³-hybridized carbons (Fsp3) is 0.0714. The number of benzene rings is 1. The maximum Gasteiger partial charge on any atom is 0.221 e. The number of hydrogen-bond donors (Lipinski definition) is 1. The molecule has 0 atom stereocenters. The summed E-state index contributed by atoms with van der Waals surface area (Å²) >= 11 is 2.09. The number of halogens is 1. The quantitative estimate of drug-likeness (QED) is 0.596. The summed E-state index contributed by atoms with van der Waals surface area (Å²) in [7, 11) is 1.38. The average molecular weight is 392 g/mol. The van der Waals surface area contributed by atoms with Gasteiger partial charge in [0.2, 0.25) is 5.95 Å². The highest BCUT2D eigenvalue weighted by atomic mass is 127. The van der Waals surface area contributed by atoms with Gasteiger partial charge in [0, 0.05) is 26.8 Å². The molecule has 1 aromatic heterocycles. The predicted molar refractivity (Wildman–Crippen MR) is 89.8 cm³/mol. The van der Waals surface area contributed by atoms with Crippen molar-refractivity contribution in [2.45, 2.75) is 6.92 Å². The van der Waals surface area contributed by atoms with E-state index in [1.54, 1.807) is 12.1 Å². The standard InChI is InChI=1S/C14H9IN4S/c1-9-10(8-16)3-2-4-12(9)13-7-11(5-6-20-15)18-14(17)19-13/h2-4,7H,1H3,(H2,17,18,19). The van der Waals surface area contributed by atoms with Crippen LogP contribution < -0.4 is 5.73 Å². The number of nitrogens with two attached hydrogens (primary N) is 1. The van der Waals surface area contributed by atoms with Crippen LogP contribution in [0.4, 0.5) is 5.95 Å². The summed E-state index contributed by atoms with van der Waals surface area (Å²) in [6.45, 7) is 1.89. The van der Waals surface area contributed by atoms with Gasteiger partial charge in [-0.2, -0.15) is 5.26 Å².